The summed E-state index contributed by atoms with van der Waals surface area (Å²) in [5.74, 6) is -2.39. The van der Waals surface area contributed by atoms with Crippen molar-refractivity contribution in [3.63, 3.8) is 0 Å². The summed E-state index contributed by atoms with van der Waals surface area (Å²) < 4.78 is 37.1. The highest BCUT2D eigenvalue weighted by atomic mass is 19.3. The number of alkyl halides is 2. The third kappa shape index (κ3) is 1.96. The monoisotopic (exact) mass is 261 g/mol. The molecule has 1 saturated carbocycles. The van der Waals surface area contributed by atoms with Crippen LogP contribution in [0.2, 0.25) is 0 Å². The highest BCUT2D eigenvalue weighted by molar-refractivity contribution is 5.12. The van der Waals surface area contributed by atoms with Crippen molar-refractivity contribution in [2.75, 3.05) is 46.6 Å². The molecule has 104 valence electrons. The van der Waals surface area contributed by atoms with Gasteiger partial charge < -0.3 is 14.4 Å². The van der Waals surface area contributed by atoms with Crippen LogP contribution in [0.25, 0.3) is 0 Å². The normalized spacial score (nSPS) is 32.2. The summed E-state index contributed by atoms with van der Waals surface area (Å²) in [5.41, 5.74) is -0.542. The van der Waals surface area contributed by atoms with E-state index in [-0.39, 0.29) is 11.8 Å². The maximum atomic E-state index is 13.3. The minimum absolute atomic E-state index is 0.103. The molecular formula is C13H21F2NO2. The van der Waals surface area contributed by atoms with Crippen LogP contribution in [0, 0.1) is 10.8 Å². The topological polar surface area (TPSA) is 21.7 Å². The smallest absolute Gasteiger partial charge is 0.254 e. The third-order valence-corrected chi connectivity index (χ3v) is 4.85. The zero-order chi connectivity index (χ0) is 12.9. The van der Waals surface area contributed by atoms with Crippen LogP contribution in [0.15, 0.2) is 0 Å². The Balaban J connectivity index is 1.51. The van der Waals surface area contributed by atoms with E-state index in [1.54, 1.807) is 7.11 Å². The van der Waals surface area contributed by atoms with Crippen LogP contribution in [-0.2, 0) is 9.47 Å². The molecule has 5 heteroatoms. The van der Waals surface area contributed by atoms with Gasteiger partial charge in [0.25, 0.3) is 5.92 Å². The lowest BCUT2D eigenvalue weighted by atomic mass is 9.84. The Bertz CT molecular complexity index is 323. The van der Waals surface area contributed by atoms with E-state index < -0.39 is 11.3 Å². The average molecular weight is 261 g/mol. The van der Waals surface area contributed by atoms with Crippen molar-refractivity contribution in [2.24, 2.45) is 10.8 Å². The Morgan fingerprint density at radius 1 is 1.22 bits per heavy atom. The summed E-state index contributed by atoms with van der Waals surface area (Å²) in [6, 6.07) is 0. The molecule has 0 radical (unpaired) electrons. The van der Waals surface area contributed by atoms with Gasteiger partial charge in [0.15, 0.2) is 0 Å². The number of piperidine rings is 1. The van der Waals surface area contributed by atoms with Gasteiger partial charge in [-0.25, -0.2) is 8.78 Å². The molecule has 0 unspecified atom stereocenters. The standard InChI is InChI=1S/C13H21F2NO2/c1-17-8-11(9-18-10-11)7-16-4-2-12(3-5-16)6-13(12,14)15/h2-10H2,1H3. The molecule has 1 aliphatic carbocycles. The molecule has 0 aromatic rings. The van der Waals surface area contributed by atoms with Crippen molar-refractivity contribution in [1.29, 1.82) is 0 Å². The van der Waals surface area contributed by atoms with Crippen LogP contribution < -0.4 is 0 Å². The van der Waals surface area contributed by atoms with Crippen LogP contribution >= 0.6 is 0 Å². The summed E-state index contributed by atoms with van der Waals surface area (Å²) in [4.78, 5) is 2.31. The van der Waals surface area contributed by atoms with Gasteiger partial charge in [0.05, 0.1) is 25.2 Å². The minimum atomic E-state index is -2.39. The second-order valence-electron chi connectivity index (χ2n) is 6.36. The predicted molar refractivity (Wildman–Crippen MR) is 62.8 cm³/mol. The molecule has 0 aromatic carbocycles. The van der Waals surface area contributed by atoms with E-state index >= 15 is 0 Å². The molecule has 3 fully saturated rings. The molecule has 0 N–H and O–H groups in total. The summed E-state index contributed by atoms with van der Waals surface area (Å²) in [5, 5.41) is 0. The van der Waals surface area contributed by atoms with Crippen molar-refractivity contribution < 1.29 is 18.3 Å². The molecule has 0 bridgehead atoms. The van der Waals surface area contributed by atoms with E-state index in [0.29, 0.717) is 19.4 Å². The lowest BCUT2D eigenvalue weighted by Gasteiger charge is -2.45. The fourth-order valence-electron chi connectivity index (χ4n) is 3.45. The number of rotatable bonds is 4. The second-order valence-corrected chi connectivity index (χ2v) is 6.36. The van der Waals surface area contributed by atoms with E-state index in [1.807, 2.05) is 0 Å². The molecule has 3 aliphatic rings. The number of halogens is 2. The molecular weight excluding hydrogens is 240 g/mol. The first-order chi connectivity index (χ1) is 8.51. The SMILES string of the molecule is COCC1(CN2CCC3(CC2)CC3(F)F)COC1. The quantitative estimate of drug-likeness (QED) is 0.770. The maximum Gasteiger partial charge on any atom is 0.254 e. The zero-order valence-corrected chi connectivity index (χ0v) is 10.9. The fraction of sp³-hybridized carbons (Fsp3) is 1.00. The number of methoxy groups -OCH3 is 1. The molecule has 2 aliphatic heterocycles. The van der Waals surface area contributed by atoms with Gasteiger partial charge in [0, 0.05) is 25.5 Å². The van der Waals surface area contributed by atoms with E-state index in [9.17, 15) is 8.78 Å². The van der Waals surface area contributed by atoms with Crippen molar-refractivity contribution in [1.82, 2.24) is 4.90 Å². The molecule has 0 aromatic heterocycles. The van der Waals surface area contributed by atoms with Gasteiger partial charge in [0.1, 0.15) is 0 Å². The molecule has 3 nitrogen and oxygen atoms in total. The van der Waals surface area contributed by atoms with E-state index in [0.717, 1.165) is 32.8 Å². The number of nitrogens with zero attached hydrogens (tertiary/aromatic N) is 1. The van der Waals surface area contributed by atoms with Crippen molar-refractivity contribution in [3.05, 3.63) is 0 Å². The zero-order valence-electron chi connectivity index (χ0n) is 10.9. The molecule has 2 saturated heterocycles. The number of ether oxygens (including phenoxy) is 2. The molecule has 18 heavy (non-hydrogen) atoms. The van der Waals surface area contributed by atoms with Gasteiger partial charge >= 0.3 is 0 Å². The van der Waals surface area contributed by atoms with Gasteiger partial charge in [-0.15, -0.1) is 0 Å². The van der Waals surface area contributed by atoms with Gasteiger partial charge in [-0.3, -0.25) is 0 Å². The van der Waals surface area contributed by atoms with Crippen molar-refractivity contribution in [2.45, 2.75) is 25.2 Å². The number of hydrogen-bond acceptors (Lipinski definition) is 3. The van der Waals surface area contributed by atoms with Gasteiger partial charge in [-0.1, -0.05) is 0 Å². The predicted octanol–water partition coefficient (Wildman–Crippen LogP) is 1.77. The van der Waals surface area contributed by atoms with Crippen molar-refractivity contribution in [3.8, 4) is 0 Å². The molecule has 3 rings (SSSR count). The van der Waals surface area contributed by atoms with Crippen LogP contribution in [0.5, 0.6) is 0 Å². The maximum absolute atomic E-state index is 13.3. The first kappa shape index (κ1) is 12.8. The third-order valence-electron chi connectivity index (χ3n) is 4.85. The lowest BCUT2D eigenvalue weighted by Crippen LogP contribution is -2.55. The molecule has 0 amide bonds. The first-order valence-electron chi connectivity index (χ1n) is 6.68. The Morgan fingerprint density at radius 3 is 2.22 bits per heavy atom. The molecule has 0 atom stereocenters. The Hall–Kier alpha value is -0.260. The highest BCUT2D eigenvalue weighted by Crippen LogP contribution is 2.65. The summed E-state index contributed by atoms with van der Waals surface area (Å²) in [7, 11) is 1.70. The number of hydrogen-bond donors (Lipinski definition) is 0. The van der Waals surface area contributed by atoms with Gasteiger partial charge in [-0.05, 0) is 25.9 Å². The lowest BCUT2D eigenvalue weighted by molar-refractivity contribution is -0.156. The van der Waals surface area contributed by atoms with E-state index in [4.69, 9.17) is 9.47 Å². The van der Waals surface area contributed by atoms with Gasteiger partial charge in [-0.2, -0.15) is 0 Å². The van der Waals surface area contributed by atoms with E-state index in [1.165, 1.54) is 0 Å². The van der Waals surface area contributed by atoms with E-state index in [2.05, 4.69) is 4.90 Å². The minimum Gasteiger partial charge on any atom is -0.384 e. The summed E-state index contributed by atoms with van der Waals surface area (Å²) in [6.07, 6.45) is 1.40. The fourth-order valence-corrected chi connectivity index (χ4v) is 3.45. The van der Waals surface area contributed by atoms with Gasteiger partial charge in [0.2, 0.25) is 0 Å². The van der Waals surface area contributed by atoms with Crippen LogP contribution in [0.3, 0.4) is 0 Å². The summed E-state index contributed by atoms with van der Waals surface area (Å²) in [6.45, 7) is 4.67. The Labute approximate surface area is 106 Å². The largest absolute Gasteiger partial charge is 0.384 e. The first-order valence-corrected chi connectivity index (χ1v) is 6.68. The van der Waals surface area contributed by atoms with Crippen molar-refractivity contribution >= 4 is 0 Å². The molecule has 2 heterocycles. The second kappa shape index (κ2) is 4.12. The summed E-state index contributed by atoms with van der Waals surface area (Å²) >= 11 is 0. The van der Waals surface area contributed by atoms with Crippen LogP contribution in [0.1, 0.15) is 19.3 Å². The number of likely N-dealkylation sites (tertiary alicyclic amines) is 1. The highest BCUT2D eigenvalue weighted by Gasteiger charge is 2.70. The Kier molecular flexibility index (Phi) is 2.92. The van der Waals surface area contributed by atoms with Crippen LogP contribution in [-0.4, -0.2) is 57.4 Å². The average Bonchev–Trinajstić information content (AvgIpc) is 2.80. The molecule has 1 spiro atoms. The van der Waals surface area contributed by atoms with Crippen LogP contribution in [0.4, 0.5) is 8.78 Å². The Morgan fingerprint density at radius 2 is 1.83 bits per heavy atom.